The molecule has 31 heavy (non-hydrogen) atoms. The Morgan fingerprint density at radius 3 is 2.42 bits per heavy atom. The zero-order valence-corrected chi connectivity index (χ0v) is 15.8. The van der Waals surface area contributed by atoms with Crippen LogP contribution >= 0.6 is 0 Å². The SMILES string of the molecule is NC(=O)Cc1ccc2c(c1)c(=O)c(C(N)=NO)cn2Cc1ccc(C(F)(F)F)cc1F. The number of aromatic nitrogens is 1. The molecule has 0 bridgehead atoms. The van der Waals surface area contributed by atoms with E-state index in [2.05, 4.69) is 5.16 Å². The maximum absolute atomic E-state index is 14.4. The Labute approximate surface area is 172 Å². The first-order valence-electron chi connectivity index (χ1n) is 8.79. The first-order chi connectivity index (χ1) is 14.5. The van der Waals surface area contributed by atoms with Crippen LogP contribution < -0.4 is 16.9 Å². The number of rotatable bonds is 5. The summed E-state index contributed by atoms with van der Waals surface area (Å²) in [6.07, 6.45) is -3.62. The zero-order chi connectivity index (χ0) is 22.9. The fourth-order valence-corrected chi connectivity index (χ4v) is 3.16. The Hall–Kier alpha value is -3.89. The summed E-state index contributed by atoms with van der Waals surface area (Å²) in [4.78, 5) is 24.0. The molecule has 0 saturated carbocycles. The molecular weight excluding hydrogens is 420 g/mol. The lowest BCUT2D eigenvalue weighted by atomic mass is 10.0. The molecule has 0 radical (unpaired) electrons. The predicted molar refractivity (Wildman–Crippen MR) is 104 cm³/mol. The first-order valence-corrected chi connectivity index (χ1v) is 8.79. The van der Waals surface area contributed by atoms with Gasteiger partial charge in [-0.3, -0.25) is 9.59 Å². The summed E-state index contributed by atoms with van der Waals surface area (Å²) < 4.78 is 54.1. The number of hydrogen-bond donors (Lipinski definition) is 3. The van der Waals surface area contributed by atoms with E-state index in [0.717, 1.165) is 12.1 Å². The highest BCUT2D eigenvalue weighted by atomic mass is 19.4. The van der Waals surface area contributed by atoms with Crippen LogP contribution in [0.25, 0.3) is 10.9 Å². The molecule has 0 fully saturated rings. The summed E-state index contributed by atoms with van der Waals surface area (Å²) in [5.41, 5.74) is 9.46. The number of nitrogens with two attached hydrogens (primary N) is 2. The zero-order valence-electron chi connectivity index (χ0n) is 15.8. The number of amidine groups is 1. The molecule has 0 aliphatic rings. The average molecular weight is 436 g/mol. The Kier molecular flexibility index (Phi) is 5.69. The Morgan fingerprint density at radius 1 is 1.13 bits per heavy atom. The number of alkyl halides is 3. The molecule has 11 heteroatoms. The van der Waals surface area contributed by atoms with Gasteiger partial charge in [0.1, 0.15) is 5.82 Å². The van der Waals surface area contributed by atoms with Gasteiger partial charge in [-0.15, -0.1) is 0 Å². The number of halogens is 4. The van der Waals surface area contributed by atoms with Crippen molar-refractivity contribution in [2.45, 2.75) is 19.1 Å². The van der Waals surface area contributed by atoms with Gasteiger partial charge >= 0.3 is 6.18 Å². The largest absolute Gasteiger partial charge is 0.416 e. The second kappa shape index (κ2) is 8.09. The van der Waals surface area contributed by atoms with Crippen molar-refractivity contribution >= 4 is 22.6 Å². The average Bonchev–Trinajstić information content (AvgIpc) is 2.69. The van der Waals surface area contributed by atoms with Crippen molar-refractivity contribution in [3.63, 3.8) is 0 Å². The van der Waals surface area contributed by atoms with Gasteiger partial charge in [0.15, 0.2) is 11.3 Å². The van der Waals surface area contributed by atoms with Crippen LogP contribution in [0.4, 0.5) is 17.6 Å². The molecule has 0 atom stereocenters. The summed E-state index contributed by atoms with van der Waals surface area (Å²) in [6, 6.07) is 6.55. The molecule has 1 heterocycles. The number of carbonyl (C=O) groups is 1. The van der Waals surface area contributed by atoms with Crippen LogP contribution in [0.3, 0.4) is 0 Å². The van der Waals surface area contributed by atoms with Crippen LogP contribution in [0, 0.1) is 5.82 Å². The second-order valence-corrected chi connectivity index (χ2v) is 6.78. The minimum absolute atomic E-state index is 0.0789. The van der Waals surface area contributed by atoms with Gasteiger partial charge < -0.3 is 21.2 Å². The lowest BCUT2D eigenvalue weighted by Gasteiger charge is -2.15. The summed E-state index contributed by atoms with van der Waals surface area (Å²) in [6.45, 7) is -0.248. The van der Waals surface area contributed by atoms with Gasteiger partial charge in [-0.2, -0.15) is 13.2 Å². The summed E-state index contributed by atoms with van der Waals surface area (Å²) >= 11 is 0. The Bertz CT molecular complexity index is 1270. The third kappa shape index (κ3) is 4.49. The maximum atomic E-state index is 14.4. The molecule has 1 amide bonds. The van der Waals surface area contributed by atoms with E-state index in [9.17, 15) is 27.2 Å². The van der Waals surface area contributed by atoms with Crippen molar-refractivity contribution in [2.24, 2.45) is 16.6 Å². The van der Waals surface area contributed by atoms with E-state index < -0.39 is 34.7 Å². The van der Waals surface area contributed by atoms with Crippen molar-refractivity contribution < 1.29 is 27.6 Å². The van der Waals surface area contributed by atoms with E-state index in [1.807, 2.05) is 0 Å². The molecule has 3 aromatic rings. The number of oxime groups is 1. The lowest BCUT2D eigenvalue weighted by Crippen LogP contribution is -2.25. The predicted octanol–water partition coefficient (Wildman–Crippen LogP) is 2.33. The molecular formula is C20H16F4N4O3. The van der Waals surface area contributed by atoms with Crippen LogP contribution in [0.5, 0.6) is 0 Å². The lowest BCUT2D eigenvalue weighted by molar-refractivity contribution is -0.137. The molecule has 5 N–H and O–H groups in total. The van der Waals surface area contributed by atoms with Gasteiger partial charge in [0.25, 0.3) is 0 Å². The fourth-order valence-electron chi connectivity index (χ4n) is 3.16. The number of hydrogen-bond acceptors (Lipinski definition) is 4. The van der Waals surface area contributed by atoms with Crippen LogP contribution in [0.15, 0.2) is 52.5 Å². The van der Waals surface area contributed by atoms with Crippen molar-refractivity contribution in [2.75, 3.05) is 0 Å². The number of pyridine rings is 1. The number of benzene rings is 2. The van der Waals surface area contributed by atoms with Crippen LogP contribution in [0.2, 0.25) is 0 Å². The minimum Gasteiger partial charge on any atom is -0.409 e. The number of fused-ring (bicyclic) bond motifs is 1. The van der Waals surface area contributed by atoms with Crippen LogP contribution in [-0.2, 0) is 23.9 Å². The molecule has 0 aliphatic carbocycles. The number of nitrogens with zero attached hydrogens (tertiary/aromatic N) is 2. The molecule has 1 aromatic heterocycles. The van der Waals surface area contributed by atoms with Crippen molar-refractivity contribution in [3.05, 3.63) is 80.9 Å². The number of amides is 1. The fraction of sp³-hybridized carbons (Fsp3) is 0.150. The quantitative estimate of drug-likeness (QED) is 0.187. The van der Waals surface area contributed by atoms with E-state index >= 15 is 0 Å². The third-order valence-electron chi connectivity index (χ3n) is 4.63. The highest BCUT2D eigenvalue weighted by Crippen LogP contribution is 2.30. The molecule has 0 saturated heterocycles. The standard InChI is InChI=1S/C20H16F4N4O3/c21-15-7-12(20(22,23)24)3-2-11(15)8-28-9-14(19(26)27-31)18(30)13-5-10(6-17(25)29)1-4-16(13)28/h1-5,7,9,31H,6,8H2,(H2,25,29)(H2,26,27). The molecule has 3 rings (SSSR count). The third-order valence-corrected chi connectivity index (χ3v) is 4.63. The normalized spacial score (nSPS) is 12.3. The smallest absolute Gasteiger partial charge is 0.409 e. The van der Waals surface area contributed by atoms with Crippen LogP contribution in [0.1, 0.15) is 22.3 Å². The second-order valence-electron chi connectivity index (χ2n) is 6.78. The monoisotopic (exact) mass is 436 g/mol. The van der Waals surface area contributed by atoms with Crippen molar-refractivity contribution in [1.82, 2.24) is 4.57 Å². The van der Waals surface area contributed by atoms with E-state index in [-0.39, 0.29) is 29.5 Å². The summed E-state index contributed by atoms with van der Waals surface area (Å²) in [5, 5.41) is 11.9. The Balaban J connectivity index is 2.18. The van der Waals surface area contributed by atoms with Gasteiger partial charge in [0, 0.05) is 17.1 Å². The van der Waals surface area contributed by atoms with Gasteiger partial charge in [0.2, 0.25) is 5.91 Å². The van der Waals surface area contributed by atoms with E-state index in [0.29, 0.717) is 17.1 Å². The van der Waals surface area contributed by atoms with Gasteiger partial charge in [-0.25, -0.2) is 4.39 Å². The molecule has 7 nitrogen and oxygen atoms in total. The van der Waals surface area contributed by atoms with E-state index in [1.54, 1.807) is 0 Å². The van der Waals surface area contributed by atoms with Crippen molar-refractivity contribution in [3.8, 4) is 0 Å². The summed E-state index contributed by atoms with van der Waals surface area (Å²) in [7, 11) is 0. The van der Waals surface area contributed by atoms with E-state index in [1.165, 1.54) is 29.0 Å². The van der Waals surface area contributed by atoms with Gasteiger partial charge in [-0.1, -0.05) is 17.3 Å². The maximum Gasteiger partial charge on any atom is 0.416 e. The van der Waals surface area contributed by atoms with E-state index in [4.69, 9.17) is 16.7 Å². The molecule has 162 valence electrons. The highest BCUT2D eigenvalue weighted by molar-refractivity contribution is 5.99. The van der Waals surface area contributed by atoms with Crippen molar-refractivity contribution in [1.29, 1.82) is 0 Å². The molecule has 2 aromatic carbocycles. The Morgan fingerprint density at radius 2 is 1.84 bits per heavy atom. The molecule has 0 unspecified atom stereocenters. The molecule has 0 aliphatic heterocycles. The minimum atomic E-state index is -4.69. The van der Waals surface area contributed by atoms with Crippen LogP contribution in [-0.4, -0.2) is 21.5 Å². The highest BCUT2D eigenvalue weighted by Gasteiger charge is 2.31. The topological polar surface area (TPSA) is 124 Å². The van der Waals surface area contributed by atoms with Gasteiger partial charge in [-0.05, 0) is 29.8 Å². The first kappa shape index (κ1) is 21.8. The molecule has 0 spiro atoms. The number of carbonyl (C=O) groups excluding carboxylic acids is 1. The van der Waals surface area contributed by atoms with Gasteiger partial charge in [0.05, 0.1) is 29.6 Å². The summed E-state index contributed by atoms with van der Waals surface area (Å²) in [5.74, 6) is -2.22. The number of primary amides is 1.